The second-order valence-corrected chi connectivity index (χ2v) is 9.69. The van der Waals surface area contributed by atoms with Gasteiger partial charge in [-0.15, -0.1) is 0 Å². The number of nitrogens with zero attached hydrogens (tertiary/aromatic N) is 1. The van der Waals surface area contributed by atoms with Gasteiger partial charge in [0.1, 0.15) is 5.75 Å². The van der Waals surface area contributed by atoms with Crippen molar-refractivity contribution < 1.29 is 14.6 Å². The first-order valence-corrected chi connectivity index (χ1v) is 10.9. The standard InChI is InChI=1S/C23H32N2O3/c1-4-28-10-9-24-19-17(26)8-7-16-18(19)22(2)11-15-13-25(12-14-5-6-14)21(20(16)27)23(15,22)3/h7-8,14-15,21,24,26H,4-6,9-13H2,1-3H3/t15?,21-,22+,23?/m1/s1. The average Bonchev–Trinajstić information content (AvgIpc) is 3.44. The smallest absolute Gasteiger partial charge is 0.180 e. The van der Waals surface area contributed by atoms with Crippen LogP contribution in [0.1, 0.15) is 56.0 Å². The van der Waals surface area contributed by atoms with Crippen molar-refractivity contribution in [2.75, 3.05) is 38.2 Å². The number of fused-ring (bicyclic) bond motifs is 2. The zero-order valence-corrected chi connectivity index (χ0v) is 17.3. The van der Waals surface area contributed by atoms with Gasteiger partial charge in [0.05, 0.1) is 18.3 Å². The Bertz CT molecular complexity index is 820. The molecule has 0 spiro atoms. The number of phenols is 1. The van der Waals surface area contributed by atoms with E-state index in [4.69, 9.17) is 4.74 Å². The summed E-state index contributed by atoms with van der Waals surface area (Å²) in [6.07, 6.45) is 3.72. The summed E-state index contributed by atoms with van der Waals surface area (Å²) in [6, 6.07) is 3.53. The molecular weight excluding hydrogens is 352 g/mol. The summed E-state index contributed by atoms with van der Waals surface area (Å²) in [7, 11) is 0. The maximum absolute atomic E-state index is 13.7. The number of rotatable bonds is 7. The molecule has 1 aromatic carbocycles. The predicted molar refractivity (Wildman–Crippen MR) is 109 cm³/mol. The predicted octanol–water partition coefficient (Wildman–Crippen LogP) is 3.42. The second-order valence-electron chi connectivity index (χ2n) is 9.69. The van der Waals surface area contributed by atoms with Crippen LogP contribution in [0.2, 0.25) is 0 Å². The van der Waals surface area contributed by atoms with E-state index in [1.54, 1.807) is 6.07 Å². The molecule has 152 valence electrons. The van der Waals surface area contributed by atoms with Crippen LogP contribution in [-0.2, 0) is 10.2 Å². The number of phenolic OH excluding ortho intramolecular Hbond substituents is 1. The first-order valence-electron chi connectivity index (χ1n) is 10.9. The van der Waals surface area contributed by atoms with Gasteiger partial charge in [0.2, 0.25) is 0 Å². The Morgan fingerprint density at radius 1 is 1.32 bits per heavy atom. The number of likely N-dealkylation sites (tertiary alicyclic amines) is 1. The van der Waals surface area contributed by atoms with Gasteiger partial charge < -0.3 is 15.2 Å². The number of carbonyl (C=O) groups is 1. The van der Waals surface area contributed by atoms with Crippen molar-refractivity contribution in [3.8, 4) is 5.75 Å². The highest BCUT2D eigenvalue weighted by atomic mass is 16.5. The number of hydrogen-bond donors (Lipinski definition) is 2. The lowest BCUT2D eigenvalue weighted by Crippen LogP contribution is -2.66. The summed E-state index contributed by atoms with van der Waals surface area (Å²) in [5.41, 5.74) is 2.46. The Labute approximate surface area is 167 Å². The van der Waals surface area contributed by atoms with Crippen LogP contribution in [0.5, 0.6) is 5.75 Å². The maximum Gasteiger partial charge on any atom is 0.180 e. The van der Waals surface area contributed by atoms with Crippen LogP contribution in [0.15, 0.2) is 12.1 Å². The van der Waals surface area contributed by atoms with Crippen LogP contribution in [-0.4, -0.2) is 54.7 Å². The molecule has 4 atom stereocenters. The molecule has 5 rings (SSSR count). The first kappa shape index (κ1) is 18.4. The van der Waals surface area contributed by atoms with E-state index in [1.165, 1.54) is 12.8 Å². The summed E-state index contributed by atoms with van der Waals surface area (Å²) in [5.74, 6) is 1.85. The molecule has 0 radical (unpaired) electrons. The molecule has 0 bridgehead atoms. The summed E-state index contributed by atoms with van der Waals surface area (Å²) in [5, 5.41) is 14.0. The molecule has 2 N–H and O–H groups in total. The fourth-order valence-electron chi connectivity index (χ4n) is 6.50. The number of carbonyl (C=O) groups excluding carboxylic acids is 1. The average molecular weight is 385 g/mol. The molecule has 5 heteroatoms. The number of benzene rings is 1. The number of anilines is 1. The van der Waals surface area contributed by atoms with E-state index in [0.717, 1.165) is 42.2 Å². The Balaban J connectivity index is 1.55. The highest BCUT2D eigenvalue weighted by Gasteiger charge is 2.73. The highest BCUT2D eigenvalue weighted by Crippen LogP contribution is 2.71. The lowest BCUT2D eigenvalue weighted by molar-refractivity contribution is -0.0473. The van der Waals surface area contributed by atoms with E-state index in [0.29, 0.717) is 25.7 Å². The molecule has 3 aliphatic carbocycles. The Kier molecular flexibility index (Phi) is 4.08. The number of nitrogens with one attached hydrogen (secondary N) is 1. The van der Waals surface area contributed by atoms with Crippen molar-refractivity contribution in [3.05, 3.63) is 23.3 Å². The van der Waals surface area contributed by atoms with Gasteiger partial charge in [-0.2, -0.15) is 0 Å². The summed E-state index contributed by atoms with van der Waals surface area (Å²) in [4.78, 5) is 16.2. The van der Waals surface area contributed by atoms with Crippen LogP contribution in [0.25, 0.3) is 0 Å². The second kappa shape index (κ2) is 6.20. The van der Waals surface area contributed by atoms with Crippen molar-refractivity contribution in [1.29, 1.82) is 0 Å². The fraction of sp³-hybridized carbons (Fsp3) is 0.696. The third kappa shape index (κ3) is 2.29. The van der Waals surface area contributed by atoms with Crippen molar-refractivity contribution >= 4 is 11.5 Å². The Morgan fingerprint density at radius 2 is 2.11 bits per heavy atom. The van der Waals surface area contributed by atoms with E-state index in [9.17, 15) is 9.90 Å². The summed E-state index contributed by atoms with van der Waals surface area (Å²) >= 11 is 0. The van der Waals surface area contributed by atoms with Crippen LogP contribution in [0.3, 0.4) is 0 Å². The maximum atomic E-state index is 13.7. The summed E-state index contributed by atoms with van der Waals surface area (Å²) in [6.45, 7) is 10.6. The first-order chi connectivity index (χ1) is 13.4. The van der Waals surface area contributed by atoms with E-state index in [2.05, 4.69) is 24.1 Å². The highest BCUT2D eigenvalue weighted by molar-refractivity contribution is 6.06. The van der Waals surface area contributed by atoms with Gasteiger partial charge >= 0.3 is 0 Å². The van der Waals surface area contributed by atoms with Gasteiger partial charge in [0.15, 0.2) is 5.78 Å². The van der Waals surface area contributed by atoms with Gasteiger partial charge in [-0.3, -0.25) is 9.69 Å². The van der Waals surface area contributed by atoms with Crippen molar-refractivity contribution in [2.45, 2.75) is 51.5 Å². The topological polar surface area (TPSA) is 61.8 Å². The molecule has 2 saturated carbocycles. The molecule has 1 saturated heterocycles. The van der Waals surface area contributed by atoms with Gasteiger partial charge in [-0.05, 0) is 55.7 Å². The third-order valence-corrected chi connectivity index (χ3v) is 8.27. The molecule has 1 aromatic rings. The number of ketones is 1. The van der Waals surface area contributed by atoms with Crippen molar-refractivity contribution in [1.82, 2.24) is 4.90 Å². The molecular formula is C23H32N2O3. The quantitative estimate of drug-likeness (QED) is 0.557. The van der Waals surface area contributed by atoms with Crippen LogP contribution < -0.4 is 5.32 Å². The molecule has 0 aromatic heterocycles. The zero-order chi connectivity index (χ0) is 19.7. The van der Waals surface area contributed by atoms with E-state index in [-0.39, 0.29) is 28.4 Å². The largest absolute Gasteiger partial charge is 0.506 e. The van der Waals surface area contributed by atoms with E-state index < -0.39 is 0 Å². The van der Waals surface area contributed by atoms with Gasteiger partial charge in [0, 0.05) is 42.6 Å². The lowest BCUT2D eigenvalue weighted by atomic mass is 9.39. The van der Waals surface area contributed by atoms with E-state index >= 15 is 0 Å². The van der Waals surface area contributed by atoms with Crippen LogP contribution >= 0.6 is 0 Å². The molecule has 5 nitrogen and oxygen atoms in total. The number of ether oxygens (including phenoxy) is 1. The fourth-order valence-corrected chi connectivity index (χ4v) is 6.50. The number of hydrogen-bond acceptors (Lipinski definition) is 5. The molecule has 1 aliphatic heterocycles. The van der Waals surface area contributed by atoms with Gasteiger partial charge in [0.25, 0.3) is 0 Å². The van der Waals surface area contributed by atoms with Crippen LogP contribution in [0.4, 0.5) is 5.69 Å². The molecule has 28 heavy (non-hydrogen) atoms. The van der Waals surface area contributed by atoms with Crippen LogP contribution in [0, 0.1) is 17.3 Å². The van der Waals surface area contributed by atoms with Gasteiger partial charge in [-0.25, -0.2) is 0 Å². The summed E-state index contributed by atoms with van der Waals surface area (Å²) < 4.78 is 5.45. The normalized spacial score (nSPS) is 36.0. The van der Waals surface area contributed by atoms with Crippen molar-refractivity contribution in [2.24, 2.45) is 17.3 Å². The monoisotopic (exact) mass is 384 g/mol. The Hall–Kier alpha value is -1.59. The number of aromatic hydroxyl groups is 1. The third-order valence-electron chi connectivity index (χ3n) is 8.27. The molecule has 3 fully saturated rings. The molecule has 2 unspecified atom stereocenters. The number of Topliss-reactive ketones (excluding diaryl/α,β-unsaturated/α-hetero) is 1. The Morgan fingerprint density at radius 3 is 2.82 bits per heavy atom. The molecule has 0 amide bonds. The zero-order valence-electron chi connectivity index (χ0n) is 17.3. The molecule has 4 aliphatic rings. The minimum Gasteiger partial charge on any atom is -0.506 e. The molecule has 1 heterocycles. The van der Waals surface area contributed by atoms with E-state index in [1.807, 2.05) is 13.0 Å². The minimum atomic E-state index is -0.0867. The SMILES string of the molecule is CCOCCNc1c(O)ccc2c1[C@]1(C)CC3CN(CC4CC4)[C@H](C2=O)C31C. The van der Waals surface area contributed by atoms with Gasteiger partial charge in [-0.1, -0.05) is 13.8 Å². The minimum absolute atomic E-state index is 0.00910. The van der Waals surface area contributed by atoms with Crippen molar-refractivity contribution in [3.63, 3.8) is 0 Å². The lowest BCUT2D eigenvalue weighted by Gasteiger charge is -2.63.